The van der Waals surface area contributed by atoms with Gasteiger partial charge in [0, 0.05) is 37.5 Å². The summed E-state index contributed by atoms with van der Waals surface area (Å²) in [6, 6.07) is 5.98. The number of esters is 1. The van der Waals surface area contributed by atoms with E-state index in [2.05, 4.69) is 27.1 Å². The van der Waals surface area contributed by atoms with Crippen LogP contribution in [-0.2, 0) is 35.0 Å². The third-order valence-corrected chi connectivity index (χ3v) is 12.6. The lowest BCUT2D eigenvalue weighted by Crippen LogP contribution is -2.62. The van der Waals surface area contributed by atoms with Gasteiger partial charge in [-0.1, -0.05) is 58.7 Å². The number of carbonyl (C=O) groups excluding carboxylic acids is 4. The van der Waals surface area contributed by atoms with E-state index in [1.54, 1.807) is 26.8 Å². The van der Waals surface area contributed by atoms with Crippen LogP contribution in [0.15, 0.2) is 36.9 Å². The minimum Gasteiger partial charge on any atom is -0.493 e. The SMILES string of the molecule is C=C[C@H](C)C(C)(NC(=O)[C@@H]1CCCN1C(=O)[C@@H](NC(=O)OC1CCC[C@H]1CCCCCc1c(O)nc2ccccc2c1OCCN1CCOCC1)C(C)(C)C)C(=O)OCC. The topological polar surface area (TPSA) is 169 Å². The highest BCUT2D eigenvalue weighted by atomic mass is 16.6. The van der Waals surface area contributed by atoms with Crippen molar-refractivity contribution < 1.29 is 43.2 Å². The van der Waals surface area contributed by atoms with Crippen molar-refractivity contribution in [2.45, 2.75) is 129 Å². The molecule has 5 rings (SSSR count). The summed E-state index contributed by atoms with van der Waals surface area (Å²) in [7, 11) is 0. The van der Waals surface area contributed by atoms with Gasteiger partial charge in [-0.25, -0.2) is 14.6 Å². The quantitative estimate of drug-likeness (QED) is 0.0824. The number of aromatic hydroxyl groups is 1. The fraction of sp³-hybridized carbons (Fsp3) is 0.674. The number of aromatic nitrogens is 1. The van der Waals surface area contributed by atoms with Gasteiger partial charge in [-0.3, -0.25) is 14.5 Å². The average Bonchev–Trinajstić information content (AvgIpc) is 3.90. The fourth-order valence-electron chi connectivity index (χ4n) is 8.69. The summed E-state index contributed by atoms with van der Waals surface area (Å²) >= 11 is 0. The number of morpholine rings is 1. The van der Waals surface area contributed by atoms with E-state index in [4.69, 9.17) is 18.9 Å². The Bertz CT molecular complexity index is 1790. The molecule has 60 heavy (non-hydrogen) atoms. The molecule has 1 saturated carbocycles. The van der Waals surface area contributed by atoms with Gasteiger partial charge >= 0.3 is 12.1 Å². The Morgan fingerprint density at radius 2 is 1.78 bits per heavy atom. The van der Waals surface area contributed by atoms with Gasteiger partial charge in [-0.05, 0) is 88.7 Å². The molecule has 3 amide bonds. The molecule has 14 nitrogen and oxygen atoms in total. The molecule has 2 aliphatic heterocycles. The first kappa shape index (κ1) is 46.6. The number of likely N-dealkylation sites (tertiary alicyclic amines) is 1. The predicted octanol–water partition coefficient (Wildman–Crippen LogP) is 6.32. The number of benzene rings is 1. The lowest BCUT2D eigenvalue weighted by molar-refractivity contribution is -0.155. The number of amides is 3. The third-order valence-electron chi connectivity index (χ3n) is 12.6. The number of pyridine rings is 1. The summed E-state index contributed by atoms with van der Waals surface area (Å²) in [6.45, 7) is 19.5. The standard InChI is InChI=1S/C46H69N5O9/c1-8-31(3)46(7,43(55)58-9-2)49-41(53)36-22-16-24-51(36)42(54)39(45(4,5)6)48-44(56)60-37-23-15-18-32(37)17-11-10-12-20-34-38(59-30-27-50-25-28-57-29-26-50)33-19-13-14-21-35(33)47-40(34)52/h8,13-14,19,21,31-32,36-37,39H,1,9-12,15-18,20,22-30H2,2-7H3,(H,47,52)(H,48,56)(H,49,53)/t31-,32+,36-,37?,39+,46?/m0/s1. The van der Waals surface area contributed by atoms with Crippen LogP contribution >= 0.6 is 0 Å². The number of nitrogens with one attached hydrogen (secondary N) is 2. The van der Waals surface area contributed by atoms with Crippen LogP contribution in [0, 0.1) is 17.3 Å². The van der Waals surface area contributed by atoms with Crippen molar-refractivity contribution >= 4 is 34.8 Å². The lowest BCUT2D eigenvalue weighted by atomic mass is 9.85. The van der Waals surface area contributed by atoms with E-state index in [-0.39, 0.29) is 30.4 Å². The van der Waals surface area contributed by atoms with E-state index in [0.29, 0.717) is 43.7 Å². The van der Waals surface area contributed by atoms with Crippen LogP contribution in [0.25, 0.3) is 10.9 Å². The highest BCUT2D eigenvalue weighted by Crippen LogP contribution is 2.37. The van der Waals surface area contributed by atoms with Gasteiger partial charge < -0.3 is 39.6 Å². The second kappa shape index (κ2) is 21.4. The Hall–Kier alpha value is -4.43. The van der Waals surface area contributed by atoms with Gasteiger partial charge in [-0.2, -0.15) is 0 Å². The van der Waals surface area contributed by atoms with Crippen LogP contribution in [0.4, 0.5) is 4.79 Å². The number of para-hydroxylation sites is 1. The van der Waals surface area contributed by atoms with Gasteiger partial charge in [0.15, 0.2) is 0 Å². The zero-order valence-corrected chi connectivity index (χ0v) is 36.8. The molecule has 6 atom stereocenters. The van der Waals surface area contributed by atoms with E-state index in [1.807, 2.05) is 45.0 Å². The molecule has 0 bridgehead atoms. The monoisotopic (exact) mass is 836 g/mol. The molecule has 0 radical (unpaired) electrons. The smallest absolute Gasteiger partial charge is 0.408 e. The number of nitrogens with zero attached hydrogens (tertiary/aromatic N) is 3. The molecule has 332 valence electrons. The van der Waals surface area contributed by atoms with E-state index < -0.39 is 46.9 Å². The number of fused-ring (bicyclic) bond motifs is 1. The fourth-order valence-corrected chi connectivity index (χ4v) is 8.69. The number of hydrogen-bond acceptors (Lipinski definition) is 11. The second-order valence-corrected chi connectivity index (χ2v) is 17.9. The van der Waals surface area contributed by atoms with Crippen molar-refractivity contribution in [1.29, 1.82) is 0 Å². The van der Waals surface area contributed by atoms with E-state index >= 15 is 0 Å². The number of hydrogen-bond donors (Lipinski definition) is 3. The Balaban J connectivity index is 1.14. The number of rotatable bonds is 19. The Morgan fingerprint density at radius 1 is 1.03 bits per heavy atom. The molecule has 3 N–H and O–H groups in total. The zero-order chi connectivity index (χ0) is 43.5. The molecule has 0 spiro atoms. The molecule has 3 heterocycles. The summed E-state index contributed by atoms with van der Waals surface area (Å²) in [5, 5.41) is 17.6. The minimum absolute atomic E-state index is 0.0102. The largest absolute Gasteiger partial charge is 0.493 e. The maximum Gasteiger partial charge on any atom is 0.408 e. The Labute approximate surface area is 356 Å². The van der Waals surface area contributed by atoms with E-state index in [9.17, 15) is 24.3 Å². The minimum atomic E-state index is -1.37. The predicted molar refractivity (Wildman–Crippen MR) is 230 cm³/mol. The number of carbonyl (C=O) groups is 4. The van der Waals surface area contributed by atoms with Crippen LogP contribution in [0.1, 0.15) is 105 Å². The molecule has 2 unspecified atom stereocenters. The van der Waals surface area contributed by atoms with Gasteiger partial charge in [0.2, 0.25) is 17.7 Å². The maximum atomic E-state index is 14.2. The van der Waals surface area contributed by atoms with E-state index in [0.717, 1.165) is 88.7 Å². The summed E-state index contributed by atoms with van der Waals surface area (Å²) in [6.07, 6.45) is 8.59. The molecule has 2 saturated heterocycles. The van der Waals surface area contributed by atoms with Gasteiger partial charge in [0.05, 0.1) is 30.9 Å². The summed E-state index contributed by atoms with van der Waals surface area (Å²) in [5.74, 6) is -0.911. The van der Waals surface area contributed by atoms with Crippen molar-refractivity contribution in [3.05, 3.63) is 42.5 Å². The first-order valence-corrected chi connectivity index (χ1v) is 22.1. The first-order chi connectivity index (χ1) is 28.7. The van der Waals surface area contributed by atoms with Crippen LogP contribution in [0.3, 0.4) is 0 Å². The second-order valence-electron chi connectivity index (χ2n) is 17.9. The van der Waals surface area contributed by atoms with Crippen molar-refractivity contribution in [3.8, 4) is 11.6 Å². The summed E-state index contributed by atoms with van der Waals surface area (Å²) in [4.78, 5) is 62.8. The molecule has 3 fully saturated rings. The van der Waals surface area contributed by atoms with Gasteiger partial charge in [0.25, 0.3) is 0 Å². The van der Waals surface area contributed by atoms with Crippen molar-refractivity contribution in [2.24, 2.45) is 17.3 Å². The number of alkyl carbamates (subject to hydrolysis) is 1. The molecular weight excluding hydrogens is 767 g/mol. The highest BCUT2D eigenvalue weighted by Gasteiger charge is 2.46. The number of unbranched alkanes of at least 4 members (excludes halogenated alkanes) is 2. The molecular formula is C46H69N5O9. The van der Waals surface area contributed by atoms with Gasteiger partial charge in [0.1, 0.15) is 36.1 Å². The first-order valence-electron chi connectivity index (χ1n) is 22.1. The molecule has 14 heteroatoms. The number of ether oxygens (including phenoxy) is 4. The molecule has 3 aliphatic rings. The zero-order valence-electron chi connectivity index (χ0n) is 36.8. The summed E-state index contributed by atoms with van der Waals surface area (Å²) < 4.78 is 23.2. The molecule has 1 aromatic heterocycles. The maximum absolute atomic E-state index is 14.2. The van der Waals surface area contributed by atoms with Crippen molar-refractivity contribution in [1.82, 2.24) is 25.4 Å². The van der Waals surface area contributed by atoms with Crippen LogP contribution in [0.5, 0.6) is 11.6 Å². The Kier molecular flexibility index (Phi) is 16.6. The average molecular weight is 836 g/mol. The van der Waals surface area contributed by atoms with Gasteiger partial charge in [-0.15, -0.1) is 6.58 Å². The third kappa shape index (κ3) is 11.7. The molecule has 2 aromatic rings. The lowest BCUT2D eigenvalue weighted by Gasteiger charge is -2.37. The Morgan fingerprint density at radius 3 is 2.50 bits per heavy atom. The molecule has 1 aromatic carbocycles. The summed E-state index contributed by atoms with van der Waals surface area (Å²) in [5.41, 5.74) is -0.620. The van der Waals surface area contributed by atoms with Crippen LogP contribution < -0.4 is 15.4 Å². The van der Waals surface area contributed by atoms with Crippen LogP contribution in [0.2, 0.25) is 0 Å². The van der Waals surface area contributed by atoms with E-state index in [1.165, 1.54) is 4.90 Å². The highest BCUT2D eigenvalue weighted by molar-refractivity contribution is 5.95. The normalized spacial score (nSPS) is 21.8. The van der Waals surface area contributed by atoms with Crippen LogP contribution in [-0.4, -0.2) is 120 Å². The van der Waals surface area contributed by atoms with Crippen molar-refractivity contribution in [2.75, 3.05) is 52.6 Å². The van der Waals surface area contributed by atoms with Crippen molar-refractivity contribution in [3.63, 3.8) is 0 Å². The molecule has 1 aliphatic carbocycles.